The Labute approximate surface area is 191 Å². The van der Waals surface area contributed by atoms with Gasteiger partial charge in [-0.1, -0.05) is 49.4 Å². The average Bonchev–Trinajstić information content (AvgIpc) is 3.47. The Bertz CT molecular complexity index is 1160. The summed E-state index contributed by atoms with van der Waals surface area (Å²) in [5.74, 6) is 2.41. The topological polar surface area (TPSA) is 64.8 Å². The minimum Gasteiger partial charge on any atom is -0.495 e. The number of methoxy groups -OCH3 is 2. The zero-order valence-electron chi connectivity index (χ0n) is 18.6. The summed E-state index contributed by atoms with van der Waals surface area (Å²) in [6, 6.07) is 15.5. The summed E-state index contributed by atoms with van der Waals surface area (Å²) >= 11 is 1.40. The van der Waals surface area contributed by atoms with Gasteiger partial charge in [0.2, 0.25) is 5.91 Å². The molecule has 32 heavy (non-hydrogen) atoms. The van der Waals surface area contributed by atoms with Crippen molar-refractivity contribution in [2.24, 2.45) is 0 Å². The van der Waals surface area contributed by atoms with Crippen molar-refractivity contribution in [1.29, 1.82) is 0 Å². The molecule has 4 aromatic rings. The lowest BCUT2D eigenvalue weighted by Crippen LogP contribution is -2.31. The first-order valence-corrected chi connectivity index (χ1v) is 11.2. The molecule has 0 aliphatic rings. The second kappa shape index (κ2) is 9.44. The van der Waals surface area contributed by atoms with Crippen molar-refractivity contribution in [1.82, 2.24) is 4.98 Å². The number of ether oxygens (including phenoxy) is 2. The van der Waals surface area contributed by atoms with Crippen molar-refractivity contribution in [3.8, 4) is 11.5 Å². The zero-order chi connectivity index (χ0) is 22.7. The highest BCUT2D eigenvalue weighted by Crippen LogP contribution is 2.40. The van der Waals surface area contributed by atoms with Crippen LogP contribution in [-0.4, -0.2) is 25.1 Å². The fraction of sp³-hybridized carbons (Fsp3) is 0.280. The SMILES string of the molecule is COc1ccc(OC)c2sc(N(Cc3ccco3)C(=O)Cc3ccc(C(C)C)cc3)nc12. The van der Waals surface area contributed by atoms with E-state index in [1.807, 2.05) is 36.4 Å². The molecular formula is C25H26N2O4S. The summed E-state index contributed by atoms with van der Waals surface area (Å²) in [6.07, 6.45) is 1.87. The van der Waals surface area contributed by atoms with Gasteiger partial charge in [-0.05, 0) is 41.3 Å². The van der Waals surface area contributed by atoms with Crippen LogP contribution in [0.25, 0.3) is 10.2 Å². The number of furan rings is 1. The summed E-state index contributed by atoms with van der Waals surface area (Å²) in [4.78, 5) is 19.8. The maximum atomic E-state index is 13.4. The number of aromatic nitrogens is 1. The largest absolute Gasteiger partial charge is 0.495 e. The second-order valence-electron chi connectivity index (χ2n) is 7.78. The average molecular weight is 451 g/mol. The quantitative estimate of drug-likeness (QED) is 0.339. The first-order valence-electron chi connectivity index (χ1n) is 10.4. The van der Waals surface area contributed by atoms with Crippen LogP contribution in [-0.2, 0) is 17.8 Å². The molecule has 0 aliphatic carbocycles. The van der Waals surface area contributed by atoms with Crippen LogP contribution in [0, 0.1) is 0 Å². The molecule has 166 valence electrons. The normalized spacial score (nSPS) is 11.2. The van der Waals surface area contributed by atoms with E-state index in [1.54, 1.807) is 25.4 Å². The maximum Gasteiger partial charge on any atom is 0.233 e. The molecule has 6 nitrogen and oxygen atoms in total. The molecular weight excluding hydrogens is 424 g/mol. The van der Waals surface area contributed by atoms with E-state index in [2.05, 4.69) is 26.0 Å². The van der Waals surface area contributed by atoms with Crippen LogP contribution in [0.5, 0.6) is 11.5 Å². The highest BCUT2D eigenvalue weighted by molar-refractivity contribution is 7.22. The lowest BCUT2D eigenvalue weighted by Gasteiger charge is -2.19. The monoisotopic (exact) mass is 450 g/mol. The number of fused-ring (bicyclic) bond motifs is 1. The van der Waals surface area contributed by atoms with Gasteiger partial charge >= 0.3 is 0 Å². The molecule has 0 N–H and O–H groups in total. The molecule has 0 saturated heterocycles. The molecule has 0 bridgehead atoms. The number of carbonyl (C=O) groups excluding carboxylic acids is 1. The van der Waals surface area contributed by atoms with Crippen molar-refractivity contribution in [2.45, 2.75) is 32.7 Å². The molecule has 0 aliphatic heterocycles. The second-order valence-corrected chi connectivity index (χ2v) is 8.75. The molecule has 0 unspecified atom stereocenters. The molecule has 2 heterocycles. The predicted molar refractivity (Wildman–Crippen MR) is 127 cm³/mol. The molecule has 0 spiro atoms. The van der Waals surface area contributed by atoms with Gasteiger partial charge in [-0.15, -0.1) is 0 Å². The third-order valence-corrected chi connectivity index (χ3v) is 6.42. The summed E-state index contributed by atoms with van der Waals surface area (Å²) < 4.78 is 17.3. The van der Waals surface area contributed by atoms with Crippen molar-refractivity contribution in [3.05, 3.63) is 71.7 Å². The van der Waals surface area contributed by atoms with Crippen LogP contribution in [0.3, 0.4) is 0 Å². The van der Waals surface area contributed by atoms with Crippen LogP contribution < -0.4 is 14.4 Å². The Morgan fingerprint density at radius 3 is 2.41 bits per heavy atom. The number of nitrogens with zero attached hydrogens (tertiary/aromatic N) is 2. The third-order valence-electron chi connectivity index (χ3n) is 5.33. The number of carbonyl (C=O) groups is 1. The van der Waals surface area contributed by atoms with Gasteiger partial charge in [0.25, 0.3) is 0 Å². The zero-order valence-corrected chi connectivity index (χ0v) is 19.4. The summed E-state index contributed by atoms with van der Waals surface area (Å²) in [6.45, 7) is 4.60. The smallest absolute Gasteiger partial charge is 0.233 e. The fourth-order valence-corrected chi connectivity index (χ4v) is 4.59. The molecule has 0 radical (unpaired) electrons. The fourth-order valence-electron chi connectivity index (χ4n) is 3.50. The Kier molecular flexibility index (Phi) is 6.46. The van der Waals surface area contributed by atoms with Gasteiger partial charge in [0.05, 0.1) is 33.4 Å². The van der Waals surface area contributed by atoms with Gasteiger partial charge in [-0.25, -0.2) is 4.98 Å². The number of rotatable bonds is 8. The minimum absolute atomic E-state index is 0.0595. The molecule has 1 amide bonds. The maximum absolute atomic E-state index is 13.4. The number of hydrogen-bond acceptors (Lipinski definition) is 6. The molecule has 2 aromatic heterocycles. The molecule has 2 aromatic carbocycles. The van der Waals surface area contributed by atoms with Crippen molar-refractivity contribution in [3.63, 3.8) is 0 Å². The Morgan fingerprint density at radius 2 is 1.78 bits per heavy atom. The van der Waals surface area contributed by atoms with Crippen molar-refractivity contribution >= 4 is 32.6 Å². The van der Waals surface area contributed by atoms with E-state index in [1.165, 1.54) is 16.9 Å². The van der Waals surface area contributed by atoms with Crippen LogP contribution in [0.1, 0.15) is 36.7 Å². The van der Waals surface area contributed by atoms with Crippen LogP contribution >= 0.6 is 11.3 Å². The first-order chi connectivity index (χ1) is 15.5. The van der Waals surface area contributed by atoms with Crippen molar-refractivity contribution < 1.29 is 18.7 Å². The highest BCUT2D eigenvalue weighted by Gasteiger charge is 2.24. The summed E-state index contributed by atoms with van der Waals surface area (Å²) in [5, 5.41) is 0.572. The molecule has 0 saturated carbocycles. The van der Waals surface area contributed by atoms with Crippen LogP contribution in [0.4, 0.5) is 5.13 Å². The molecule has 0 atom stereocenters. The number of anilines is 1. The van der Waals surface area contributed by atoms with E-state index in [-0.39, 0.29) is 12.3 Å². The van der Waals surface area contributed by atoms with Gasteiger partial charge in [0, 0.05) is 0 Å². The predicted octanol–water partition coefficient (Wildman–Crippen LogP) is 5.81. The van der Waals surface area contributed by atoms with Gasteiger partial charge in [0.1, 0.15) is 27.5 Å². The Morgan fingerprint density at radius 1 is 1.06 bits per heavy atom. The first kappa shape index (κ1) is 21.9. The van der Waals surface area contributed by atoms with E-state index < -0.39 is 0 Å². The van der Waals surface area contributed by atoms with Gasteiger partial charge in [-0.2, -0.15) is 0 Å². The van der Waals surface area contributed by atoms with E-state index >= 15 is 0 Å². The van der Waals surface area contributed by atoms with Gasteiger partial charge in [-0.3, -0.25) is 9.69 Å². The highest BCUT2D eigenvalue weighted by atomic mass is 32.1. The standard InChI is InChI=1S/C25H26N2O4S/c1-16(2)18-9-7-17(8-10-18)14-22(28)27(15-19-6-5-13-31-19)25-26-23-20(29-3)11-12-21(30-4)24(23)32-25/h5-13,16H,14-15H2,1-4H3. The minimum atomic E-state index is -0.0595. The number of hydrogen-bond donors (Lipinski definition) is 0. The Balaban J connectivity index is 1.69. The van der Waals surface area contributed by atoms with E-state index in [0.717, 1.165) is 10.3 Å². The van der Waals surface area contributed by atoms with Crippen LogP contribution in [0.15, 0.2) is 59.2 Å². The lowest BCUT2D eigenvalue weighted by molar-refractivity contribution is -0.118. The number of benzene rings is 2. The molecule has 4 rings (SSSR count). The number of amides is 1. The summed E-state index contributed by atoms with van der Waals surface area (Å²) in [5.41, 5.74) is 2.88. The Hall–Kier alpha value is -3.32. The summed E-state index contributed by atoms with van der Waals surface area (Å²) in [7, 11) is 3.22. The van der Waals surface area contributed by atoms with Crippen LogP contribution in [0.2, 0.25) is 0 Å². The van der Waals surface area contributed by atoms with E-state index in [9.17, 15) is 4.79 Å². The van der Waals surface area contributed by atoms with Gasteiger partial charge < -0.3 is 13.9 Å². The van der Waals surface area contributed by atoms with E-state index in [0.29, 0.717) is 40.4 Å². The molecule has 0 fully saturated rings. The lowest BCUT2D eigenvalue weighted by atomic mass is 10.0. The van der Waals surface area contributed by atoms with Gasteiger partial charge in [0.15, 0.2) is 5.13 Å². The third kappa shape index (κ3) is 4.48. The van der Waals surface area contributed by atoms with E-state index in [4.69, 9.17) is 18.9 Å². The molecule has 7 heteroatoms. The number of thiazole rings is 1. The van der Waals surface area contributed by atoms with Crippen molar-refractivity contribution in [2.75, 3.05) is 19.1 Å².